The predicted octanol–water partition coefficient (Wildman–Crippen LogP) is 2.41. The highest BCUT2D eigenvalue weighted by Crippen LogP contribution is 2.40. The summed E-state index contributed by atoms with van der Waals surface area (Å²) in [6, 6.07) is 0. The summed E-state index contributed by atoms with van der Waals surface area (Å²) in [5.41, 5.74) is 0. The van der Waals surface area contributed by atoms with Crippen LogP contribution in [0.15, 0.2) is 0 Å². The third-order valence-electron chi connectivity index (χ3n) is 10.6. The zero-order valence-corrected chi connectivity index (χ0v) is 28.8. The van der Waals surface area contributed by atoms with E-state index in [1.54, 1.807) is 42.7 Å². The molecule has 246 valence electrons. The molecule has 0 aromatic rings. The first kappa shape index (κ1) is 35.5. The van der Waals surface area contributed by atoms with Gasteiger partial charge in [0, 0.05) is 78.2 Å². The lowest BCUT2D eigenvalue weighted by Gasteiger charge is -2.41. The topological polar surface area (TPSA) is 125 Å². The van der Waals surface area contributed by atoms with E-state index in [4.69, 9.17) is 28.4 Å². The molecule has 0 radical (unpaired) electrons. The number of hydrogen-bond acceptors (Lipinski definition) is 9. The Morgan fingerprint density at radius 2 is 0.476 bits per heavy atom. The lowest BCUT2D eigenvalue weighted by Crippen LogP contribution is -2.48. The van der Waals surface area contributed by atoms with Crippen LogP contribution >= 0.6 is 0 Å². The minimum atomic E-state index is -1.07. The molecule has 6 aliphatic heterocycles. The number of methoxy groups -OCH3 is 6. The fourth-order valence-electron chi connectivity index (χ4n) is 8.28. The molecule has 9 aliphatic rings. The summed E-state index contributed by atoms with van der Waals surface area (Å²) in [4.78, 5) is 0. The van der Waals surface area contributed by atoms with Crippen LogP contribution in [0.3, 0.4) is 0 Å². The molecule has 9 fully saturated rings. The van der Waals surface area contributed by atoms with Gasteiger partial charge in [0.1, 0.15) is 34.5 Å². The van der Waals surface area contributed by atoms with Gasteiger partial charge < -0.3 is 42.1 Å². The van der Waals surface area contributed by atoms with Crippen LogP contribution in [0.2, 0.25) is 0 Å². The zero-order valence-electron chi connectivity index (χ0n) is 26.3. The van der Waals surface area contributed by atoms with E-state index < -0.39 is 33.5 Å². The normalized spacial score (nSPS) is 47.8. The van der Waals surface area contributed by atoms with Crippen LogP contribution in [0.5, 0.6) is 0 Å². The van der Waals surface area contributed by atoms with E-state index >= 15 is 0 Å². The number of hydrogen-bond donors (Lipinski definition) is 0. The molecule has 0 N–H and O–H groups in total. The van der Waals surface area contributed by atoms with Gasteiger partial charge in [-0.15, -0.1) is 0 Å². The molecule has 9 rings (SSSR count). The molecule has 15 atom stereocenters. The van der Waals surface area contributed by atoms with Crippen molar-refractivity contribution in [3.05, 3.63) is 0 Å². The van der Waals surface area contributed by atoms with Gasteiger partial charge in [-0.3, -0.25) is 0 Å². The molecule has 3 saturated carbocycles. The molecule has 6 unspecified atom stereocenters. The smallest absolute Gasteiger partial charge is 0.111 e. The maximum Gasteiger partial charge on any atom is 0.111 e. The number of rotatable bonds is 6. The van der Waals surface area contributed by atoms with Gasteiger partial charge in [0.05, 0.1) is 36.6 Å². The van der Waals surface area contributed by atoms with Crippen LogP contribution in [-0.2, 0) is 61.9 Å². The average molecular weight is 655 g/mol. The SMILES string of the molecule is COC1C[C@@H]2C[S+]([O-])C[C@H]3C[C@@H](OC)[C@H](CC3OC)C[S+]([O-])C[C@H]3CC(OC)[C@H](C[C@H]3OC)C[S+]([O-])C[C@H]1C[C@H]2OC. The van der Waals surface area contributed by atoms with Gasteiger partial charge in [-0.1, -0.05) is 33.5 Å². The maximum absolute atomic E-state index is 13.6. The standard InChI is InChI=1S/C30H54O9S3/c1-34-25-7-20-14-41(32)16-22-10-30(39-6)24(12-29(22)38-5)18-42(33)17-23-11-27(36-3)21(9-28(23)37-4)15-40(31)13-19(25)8-26(20)35-2/h19-30H,7-18H2,1-6H3/t19-,20-,21-,22-,23-,24-,25-,26?,27-,28?,29-,30?,40?,41?,42?/m1/s1. The van der Waals surface area contributed by atoms with Crippen molar-refractivity contribution >= 4 is 33.5 Å². The van der Waals surface area contributed by atoms with Crippen molar-refractivity contribution in [2.75, 3.05) is 77.2 Å². The first-order chi connectivity index (χ1) is 20.2. The Balaban J connectivity index is 1.60. The summed E-state index contributed by atoms with van der Waals surface area (Å²) in [5, 5.41) is 0. The van der Waals surface area contributed by atoms with Gasteiger partial charge in [0.15, 0.2) is 0 Å². The quantitative estimate of drug-likeness (QED) is 0.397. The highest BCUT2D eigenvalue weighted by Gasteiger charge is 2.47. The van der Waals surface area contributed by atoms with E-state index in [1.807, 2.05) is 0 Å². The lowest BCUT2D eigenvalue weighted by atomic mass is 9.79. The van der Waals surface area contributed by atoms with Crippen molar-refractivity contribution in [2.45, 2.75) is 75.1 Å². The largest absolute Gasteiger partial charge is 0.616 e. The van der Waals surface area contributed by atoms with E-state index in [0.717, 1.165) is 38.5 Å². The fraction of sp³-hybridized carbons (Fsp3) is 1.00. The lowest BCUT2D eigenvalue weighted by molar-refractivity contribution is -0.0575. The van der Waals surface area contributed by atoms with Crippen molar-refractivity contribution in [2.24, 2.45) is 35.5 Å². The highest BCUT2D eigenvalue weighted by atomic mass is 32.2. The molecule has 3 aliphatic carbocycles. The van der Waals surface area contributed by atoms with Crippen LogP contribution in [0.25, 0.3) is 0 Å². The first-order valence-corrected chi connectivity index (χ1v) is 19.9. The Kier molecular flexibility index (Phi) is 14.4. The Bertz CT molecular complexity index is 639. The summed E-state index contributed by atoms with van der Waals surface area (Å²) in [6.45, 7) is 0. The van der Waals surface area contributed by atoms with E-state index in [1.165, 1.54) is 0 Å². The molecular formula is C30H54O9S3. The van der Waals surface area contributed by atoms with E-state index in [2.05, 4.69) is 0 Å². The molecule has 42 heavy (non-hydrogen) atoms. The van der Waals surface area contributed by atoms with Gasteiger partial charge in [0.25, 0.3) is 0 Å². The van der Waals surface area contributed by atoms with Gasteiger partial charge in [-0.05, 0) is 38.5 Å². The fourth-order valence-corrected chi connectivity index (χ4v) is 13.7. The summed E-state index contributed by atoms with van der Waals surface area (Å²) >= 11 is -3.20. The van der Waals surface area contributed by atoms with Crippen LogP contribution < -0.4 is 0 Å². The average Bonchev–Trinajstić information content (AvgIpc) is 2.97. The highest BCUT2D eigenvalue weighted by molar-refractivity contribution is 7.91. The Morgan fingerprint density at radius 3 is 0.595 bits per heavy atom. The maximum atomic E-state index is 13.6. The van der Waals surface area contributed by atoms with E-state index in [-0.39, 0.29) is 72.1 Å². The summed E-state index contributed by atoms with van der Waals surface area (Å²) < 4.78 is 76.4. The molecule has 12 heteroatoms. The number of ether oxygens (including phenoxy) is 6. The van der Waals surface area contributed by atoms with Crippen molar-refractivity contribution < 1.29 is 42.1 Å². The Labute approximate surface area is 262 Å². The van der Waals surface area contributed by atoms with Crippen molar-refractivity contribution in [1.29, 1.82) is 0 Å². The third-order valence-corrected chi connectivity index (χ3v) is 15.4. The van der Waals surface area contributed by atoms with Crippen molar-refractivity contribution in [1.82, 2.24) is 0 Å². The monoisotopic (exact) mass is 654 g/mol. The van der Waals surface area contributed by atoms with Crippen LogP contribution in [0.4, 0.5) is 0 Å². The summed E-state index contributed by atoms with van der Waals surface area (Å²) in [7, 11) is 10.4. The molecule has 0 aromatic heterocycles. The molecule has 0 spiro atoms. The second-order valence-electron chi connectivity index (χ2n) is 12.9. The van der Waals surface area contributed by atoms with E-state index in [0.29, 0.717) is 34.5 Å². The minimum absolute atomic E-state index is 0.0489. The van der Waals surface area contributed by atoms with Crippen molar-refractivity contribution in [3.63, 3.8) is 0 Å². The Morgan fingerprint density at radius 1 is 0.333 bits per heavy atom. The van der Waals surface area contributed by atoms with Crippen molar-refractivity contribution in [3.8, 4) is 0 Å². The third kappa shape index (κ3) is 8.94. The van der Waals surface area contributed by atoms with Crippen LogP contribution in [0, 0.1) is 35.5 Å². The van der Waals surface area contributed by atoms with Crippen LogP contribution in [0.1, 0.15) is 38.5 Å². The molecule has 0 amide bonds. The van der Waals surface area contributed by atoms with Gasteiger partial charge in [-0.2, -0.15) is 0 Å². The predicted molar refractivity (Wildman–Crippen MR) is 167 cm³/mol. The minimum Gasteiger partial charge on any atom is -0.616 e. The molecule has 6 heterocycles. The molecule has 6 bridgehead atoms. The summed E-state index contributed by atoms with van der Waals surface area (Å²) in [6.07, 6.45) is 4.17. The molecule has 0 aromatic carbocycles. The summed E-state index contributed by atoms with van der Waals surface area (Å²) in [5.74, 6) is 3.90. The molecule has 9 nitrogen and oxygen atoms in total. The molecule has 6 saturated heterocycles. The van der Waals surface area contributed by atoms with Gasteiger partial charge in [-0.25, -0.2) is 0 Å². The van der Waals surface area contributed by atoms with Gasteiger partial charge >= 0.3 is 0 Å². The Hall–Kier alpha value is 0.690. The molecular weight excluding hydrogens is 601 g/mol. The first-order valence-electron chi connectivity index (χ1n) is 15.4. The van der Waals surface area contributed by atoms with Gasteiger partial charge in [0.2, 0.25) is 0 Å². The van der Waals surface area contributed by atoms with Crippen LogP contribution in [-0.4, -0.2) is 127 Å². The zero-order chi connectivity index (χ0) is 30.4. The second kappa shape index (κ2) is 17.0. The second-order valence-corrected chi connectivity index (χ2v) is 17.6. The van der Waals surface area contributed by atoms with E-state index in [9.17, 15) is 13.7 Å².